The highest BCUT2D eigenvalue weighted by Gasteiger charge is 2.31. The number of ether oxygens (including phenoxy) is 1. The Morgan fingerprint density at radius 2 is 2.05 bits per heavy atom. The third-order valence-electron chi connectivity index (χ3n) is 3.46. The molecule has 0 bridgehead atoms. The highest BCUT2D eigenvalue weighted by molar-refractivity contribution is 6.31. The number of amides is 1. The minimum absolute atomic E-state index is 0.135. The van der Waals surface area contributed by atoms with Gasteiger partial charge in [-0.2, -0.15) is 0 Å². The zero-order chi connectivity index (χ0) is 16.3. The predicted molar refractivity (Wildman–Crippen MR) is 84.4 cm³/mol. The van der Waals surface area contributed by atoms with E-state index in [0.717, 1.165) is 18.4 Å². The maximum absolute atomic E-state index is 13.0. The summed E-state index contributed by atoms with van der Waals surface area (Å²) in [7, 11) is 0. The van der Waals surface area contributed by atoms with E-state index in [0.29, 0.717) is 17.6 Å². The Morgan fingerprint density at radius 1 is 1.36 bits per heavy atom. The van der Waals surface area contributed by atoms with Crippen LogP contribution in [0.25, 0.3) is 0 Å². The Labute approximate surface area is 135 Å². The summed E-state index contributed by atoms with van der Waals surface area (Å²) in [6.07, 6.45) is 1.31. The van der Waals surface area contributed by atoms with E-state index in [2.05, 4.69) is 10.6 Å². The van der Waals surface area contributed by atoms with Gasteiger partial charge in [0.05, 0.1) is 0 Å². The first-order chi connectivity index (χ1) is 10.2. The van der Waals surface area contributed by atoms with Crippen molar-refractivity contribution in [1.29, 1.82) is 0 Å². The van der Waals surface area contributed by atoms with Gasteiger partial charge in [0.2, 0.25) is 0 Å². The van der Waals surface area contributed by atoms with Crippen molar-refractivity contribution in [3.8, 4) is 0 Å². The number of alkyl carbamates (subject to hydrolysis) is 1. The van der Waals surface area contributed by atoms with Gasteiger partial charge in [-0.15, -0.1) is 0 Å². The third-order valence-corrected chi connectivity index (χ3v) is 3.81. The van der Waals surface area contributed by atoms with Crippen molar-refractivity contribution in [2.75, 3.05) is 0 Å². The minimum atomic E-state index is -0.481. The molecule has 2 rings (SSSR count). The molecule has 1 aliphatic carbocycles. The molecule has 4 nitrogen and oxygen atoms in total. The lowest BCUT2D eigenvalue weighted by atomic mass is 9.87. The molecule has 2 N–H and O–H groups in total. The molecule has 1 amide bonds. The molecule has 1 fully saturated rings. The maximum atomic E-state index is 13.0. The molecule has 0 spiro atoms. The molecule has 22 heavy (non-hydrogen) atoms. The summed E-state index contributed by atoms with van der Waals surface area (Å²) in [5, 5.41) is 6.62. The van der Waals surface area contributed by atoms with Crippen molar-refractivity contribution in [3.63, 3.8) is 0 Å². The van der Waals surface area contributed by atoms with Crippen LogP contribution < -0.4 is 10.6 Å². The lowest BCUT2D eigenvalue weighted by molar-refractivity contribution is 0.0465. The van der Waals surface area contributed by atoms with Crippen LogP contribution in [0.5, 0.6) is 0 Å². The topological polar surface area (TPSA) is 50.4 Å². The monoisotopic (exact) mass is 328 g/mol. The number of hydrogen-bond acceptors (Lipinski definition) is 3. The van der Waals surface area contributed by atoms with Gasteiger partial charge in [-0.3, -0.25) is 0 Å². The fraction of sp³-hybridized carbons (Fsp3) is 0.562. The Kier molecular flexibility index (Phi) is 5.29. The average molecular weight is 329 g/mol. The molecule has 0 saturated heterocycles. The Balaban J connectivity index is 1.68. The van der Waals surface area contributed by atoms with Crippen LogP contribution in [0, 0.1) is 5.82 Å². The van der Waals surface area contributed by atoms with E-state index < -0.39 is 5.60 Å². The minimum Gasteiger partial charge on any atom is -0.444 e. The fourth-order valence-electron chi connectivity index (χ4n) is 2.30. The molecule has 0 aliphatic heterocycles. The fourth-order valence-corrected chi connectivity index (χ4v) is 2.53. The molecule has 0 unspecified atom stereocenters. The summed E-state index contributed by atoms with van der Waals surface area (Å²) < 4.78 is 18.2. The summed E-state index contributed by atoms with van der Waals surface area (Å²) in [5.74, 6) is -0.334. The van der Waals surface area contributed by atoms with Gasteiger partial charge in [-0.25, -0.2) is 9.18 Å². The molecule has 1 saturated carbocycles. The van der Waals surface area contributed by atoms with Crippen LogP contribution in [0.1, 0.15) is 39.2 Å². The first-order valence-corrected chi connectivity index (χ1v) is 7.77. The maximum Gasteiger partial charge on any atom is 0.407 e. The van der Waals surface area contributed by atoms with Gasteiger partial charge in [-0.1, -0.05) is 17.7 Å². The lowest BCUT2D eigenvalue weighted by Gasteiger charge is -2.36. The lowest BCUT2D eigenvalue weighted by Crippen LogP contribution is -2.52. The first-order valence-electron chi connectivity index (χ1n) is 7.40. The van der Waals surface area contributed by atoms with Crippen molar-refractivity contribution in [1.82, 2.24) is 10.6 Å². The van der Waals surface area contributed by atoms with Crippen LogP contribution in [0.2, 0.25) is 5.02 Å². The highest BCUT2D eigenvalue weighted by atomic mass is 35.5. The van der Waals surface area contributed by atoms with Crippen molar-refractivity contribution in [2.24, 2.45) is 0 Å². The van der Waals surface area contributed by atoms with Gasteiger partial charge in [0, 0.05) is 23.7 Å². The normalized spacial score (nSPS) is 21.1. The summed E-state index contributed by atoms with van der Waals surface area (Å²) >= 11 is 5.98. The van der Waals surface area contributed by atoms with Crippen LogP contribution in [-0.2, 0) is 11.3 Å². The van der Waals surface area contributed by atoms with Crippen molar-refractivity contribution >= 4 is 17.7 Å². The second kappa shape index (κ2) is 6.84. The zero-order valence-electron chi connectivity index (χ0n) is 13.1. The second-order valence-corrected chi connectivity index (χ2v) is 7.04. The molecule has 0 atom stereocenters. The van der Waals surface area contributed by atoms with Gasteiger partial charge >= 0.3 is 6.09 Å². The van der Waals surface area contributed by atoms with E-state index in [1.165, 1.54) is 12.1 Å². The summed E-state index contributed by atoms with van der Waals surface area (Å²) in [6, 6.07) is 4.85. The molecule has 0 heterocycles. The number of hydrogen-bond donors (Lipinski definition) is 2. The molecular formula is C16H22ClFN2O2. The predicted octanol–water partition coefficient (Wildman–Crippen LogP) is 3.62. The first kappa shape index (κ1) is 17.0. The Bertz CT molecular complexity index is 539. The molecule has 6 heteroatoms. The van der Waals surface area contributed by atoms with Crippen LogP contribution in [0.3, 0.4) is 0 Å². The molecule has 0 aromatic heterocycles. The van der Waals surface area contributed by atoms with E-state index in [-0.39, 0.29) is 18.0 Å². The highest BCUT2D eigenvalue weighted by Crippen LogP contribution is 2.23. The summed E-state index contributed by atoms with van der Waals surface area (Å²) in [6.45, 7) is 6.10. The third kappa shape index (κ3) is 5.14. The Hall–Kier alpha value is -1.33. The van der Waals surface area contributed by atoms with Gasteiger partial charge in [0.25, 0.3) is 0 Å². The van der Waals surface area contributed by atoms with Gasteiger partial charge < -0.3 is 15.4 Å². The van der Waals surface area contributed by atoms with Crippen LogP contribution in [-0.4, -0.2) is 23.8 Å². The number of benzene rings is 1. The molecule has 1 aromatic carbocycles. The summed E-state index contributed by atoms with van der Waals surface area (Å²) in [5.41, 5.74) is 0.386. The van der Waals surface area contributed by atoms with Gasteiger partial charge in [0.1, 0.15) is 11.4 Å². The molecular weight excluding hydrogens is 307 g/mol. The summed E-state index contributed by atoms with van der Waals surface area (Å²) in [4.78, 5) is 11.6. The van der Waals surface area contributed by atoms with Gasteiger partial charge in [-0.05, 0) is 51.3 Å². The van der Waals surface area contributed by atoms with E-state index in [1.54, 1.807) is 6.07 Å². The van der Waals surface area contributed by atoms with E-state index in [1.807, 2.05) is 20.8 Å². The van der Waals surface area contributed by atoms with Crippen LogP contribution >= 0.6 is 11.6 Å². The number of rotatable bonds is 4. The van der Waals surface area contributed by atoms with Crippen molar-refractivity contribution in [2.45, 2.75) is 57.8 Å². The number of carbonyl (C=O) groups is 1. The second-order valence-electron chi connectivity index (χ2n) is 6.63. The van der Waals surface area contributed by atoms with Crippen molar-refractivity contribution in [3.05, 3.63) is 34.6 Å². The van der Waals surface area contributed by atoms with E-state index in [9.17, 15) is 9.18 Å². The van der Waals surface area contributed by atoms with Crippen LogP contribution in [0.15, 0.2) is 18.2 Å². The SMILES string of the molecule is CC(C)(C)OC(=O)NC1CC(NCc2ccc(F)cc2Cl)C1. The largest absolute Gasteiger partial charge is 0.444 e. The quantitative estimate of drug-likeness (QED) is 0.887. The Morgan fingerprint density at radius 3 is 2.64 bits per heavy atom. The number of nitrogens with one attached hydrogen (secondary N) is 2. The zero-order valence-corrected chi connectivity index (χ0v) is 13.8. The van der Waals surface area contributed by atoms with Crippen LogP contribution in [0.4, 0.5) is 9.18 Å². The smallest absolute Gasteiger partial charge is 0.407 e. The van der Waals surface area contributed by atoms with Gasteiger partial charge in [0.15, 0.2) is 0 Å². The standard InChI is InChI=1S/C16H22ClFN2O2/c1-16(2,3)22-15(21)20-13-7-12(8-13)19-9-10-4-5-11(18)6-14(10)17/h4-6,12-13,19H,7-9H2,1-3H3,(H,20,21). The number of carbonyl (C=O) groups excluding carboxylic acids is 1. The van der Waals surface area contributed by atoms with Crippen molar-refractivity contribution < 1.29 is 13.9 Å². The molecule has 1 aromatic rings. The number of halogens is 2. The molecule has 0 radical (unpaired) electrons. The van der Waals surface area contributed by atoms with E-state index >= 15 is 0 Å². The molecule has 1 aliphatic rings. The molecule has 122 valence electrons. The average Bonchev–Trinajstić information content (AvgIpc) is 2.31. The van der Waals surface area contributed by atoms with E-state index in [4.69, 9.17) is 16.3 Å².